The second-order valence-corrected chi connectivity index (χ2v) is 5.09. The summed E-state index contributed by atoms with van der Waals surface area (Å²) in [6.45, 7) is 4.36. The number of hydrogen-bond donors (Lipinski definition) is 0. The van der Waals surface area contributed by atoms with Crippen LogP contribution >= 0.6 is 0 Å². The van der Waals surface area contributed by atoms with Crippen molar-refractivity contribution >= 4 is 5.91 Å². The molecule has 0 aromatic heterocycles. The molecule has 0 bridgehead atoms. The van der Waals surface area contributed by atoms with Gasteiger partial charge >= 0.3 is 0 Å². The van der Waals surface area contributed by atoms with Crippen LogP contribution in [0.4, 0.5) is 0 Å². The van der Waals surface area contributed by atoms with Gasteiger partial charge < -0.3 is 9.80 Å². The lowest BCUT2D eigenvalue weighted by Crippen LogP contribution is -2.52. The summed E-state index contributed by atoms with van der Waals surface area (Å²) in [6.07, 6.45) is 0. The van der Waals surface area contributed by atoms with Crippen molar-refractivity contribution in [3.8, 4) is 6.07 Å². The van der Waals surface area contributed by atoms with E-state index in [0.29, 0.717) is 19.1 Å². The Morgan fingerprint density at radius 2 is 2.05 bits per heavy atom. The van der Waals surface area contributed by atoms with Crippen LogP contribution in [-0.4, -0.2) is 48.4 Å². The van der Waals surface area contributed by atoms with Crippen LogP contribution in [0.1, 0.15) is 18.4 Å². The fourth-order valence-corrected chi connectivity index (χ4v) is 2.35. The first-order chi connectivity index (χ1) is 9.13. The molecule has 0 saturated carbocycles. The minimum atomic E-state index is -0.684. The van der Waals surface area contributed by atoms with Crippen LogP contribution in [0, 0.1) is 11.3 Å². The van der Waals surface area contributed by atoms with E-state index in [1.54, 1.807) is 0 Å². The first-order valence-corrected chi connectivity index (χ1v) is 6.57. The van der Waals surface area contributed by atoms with Crippen molar-refractivity contribution in [2.45, 2.75) is 18.9 Å². The monoisotopic (exact) mass is 257 g/mol. The lowest BCUT2D eigenvalue weighted by atomic mass is 9.98. The molecule has 1 aromatic rings. The van der Waals surface area contributed by atoms with Crippen molar-refractivity contribution in [3.05, 3.63) is 35.9 Å². The molecule has 1 heterocycles. The summed E-state index contributed by atoms with van der Waals surface area (Å²) in [5.74, 6) is -0.759. The molecule has 2 unspecified atom stereocenters. The van der Waals surface area contributed by atoms with Gasteiger partial charge in [-0.3, -0.25) is 4.79 Å². The van der Waals surface area contributed by atoms with E-state index in [1.165, 1.54) is 0 Å². The van der Waals surface area contributed by atoms with Gasteiger partial charge in [-0.1, -0.05) is 30.3 Å². The Balaban J connectivity index is 2.12. The van der Waals surface area contributed by atoms with E-state index in [4.69, 9.17) is 0 Å². The molecule has 0 radical (unpaired) electrons. The molecular formula is C15H19N3O. The first-order valence-electron chi connectivity index (χ1n) is 6.57. The van der Waals surface area contributed by atoms with Crippen molar-refractivity contribution in [2.75, 3.05) is 26.7 Å². The summed E-state index contributed by atoms with van der Waals surface area (Å²) in [5, 5.41) is 9.29. The zero-order valence-electron chi connectivity index (χ0n) is 11.4. The molecular weight excluding hydrogens is 238 g/mol. The maximum atomic E-state index is 12.5. The smallest absolute Gasteiger partial charge is 0.244 e. The van der Waals surface area contributed by atoms with Crippen LogP contribution in [0.2, 0.25) is 0 Å². The molecule has 2 rings (SSSR count). The van der Waals surface area contributed by atoms with Crippen LogP contribution < -0.4 is 0 Å². The van der Waals surface area contributed by atoms with Crippen LogP contribution in [0.25, 0.3) is 0 Å². The van der Waals surface area contributed by atoms with Crippen LogP contribution in [0.5, 0.6) is 0 Å². The van der Waals surface area contributed by atoms with Gasteiger partial charge in [0.1, 0.15) is 5.92 Å². The molecule has 0 N–H and O–H groups in total. The first kappa shape index (κ1) is 13.6. The summed E-state index contributed by atoms with van der Waals surface area (Å²) in [6, 6.07) is 11.8. The number of likely N-dealkylation sites (N-methyl/N-ethyl adjacent to an activating group) is 1. The summed E-state index contributed by atoms with van der Waals surface area (Å²) in [7, 11) is 2.06. The third-order valence-electron chi connectivity index (χ3n) is 3.78. The molecule has 4 nitrogen and oxygen atoms in total. The van der Waals surface area contributed by atoms with E-state index >= 15 is 0 Å². The molecule has 0 aliphatic carbocycles. The van der Waals surface area contributed by atoms with Crippen molar-refractivity contribution < 1.29 is 4.79 Å². The maximum Gasteiger partial charge on any atom is 0.244 e. The van der Waals surface area contributed by atoms with Gasteiger partial charge in [0.2, 0.25) is 5.91 Å². The highest BCUT2D eigenvalue weighted by atomic mass is 16.2. The lowest BCUT2D eigenvalue weighted by molar-refractivity contribution is -0.134. The van der Waals surface area contributed by atoms with Gasteiger partial charge in [-0.05, 0) is 19.5 Å². The van der Waals surface area contributed by atoms with Gasteiger partial charge in [0.15, 0.2) is 0 Å². The average Bonchev–Trinajstić information content (AvgIpc) is 2.44. The number of carbonyl (C=O) groups excluding carboxylic acids is 1. The van der Waals surface area contributed by atoms with E-state index in [9.17, 15) is 10.1 Å². The predicted molar refractivity (Wildman–Crippen MR) is 73.5 cm³/mol. The highest BCUT2D eigenvalue weighted by Crippen LogP contribution is 2.19. The van der Waals surface area contributed by atoms with E-state index in [-0.39, 0.29) is 5.91 Å². The number of amides is 1. The minimum absolute atomic E-state index is 0.0753. The van der Waals surface area contributed by atoms with Gasteiger partial charge in [0, 0.05) is 25.7 Å². The molecule has 1 amide bonds. The Morgan fingerprint density at radius 3 is 2.63 bits per heavy atom. The molecule has 1 saturated heterocycles. The standard InChI is InChI=1S/C15H19N3O/c1-12-11-18(9-8-17(12)2)15(19)14(10-16)13-6-4-3-5-7-13/h3-7,12,14H,8-9,11H2,1-2H3. The van der Waals surface area contributed by atoms with Crippen LogP contribution in [0.15, 0.2) is 30.3 Å². The molecule has 1 aliphatic heterocycles. The number of rotatable bonds is 2. The lowest BCUT2D eigenvalue weighted by Gasteiger charge is -2.38. The van der Waals surface area contributed by atoms with Gasteiger partial charge in [-0.2, -0.15) is 5.26 Å². The number of nitrogens with zero attached hydrogens (tertiary/aromatic N) is 3. The zero-order valence-corrected chi connectivity index (χ0v) is 11.4. The normalized spacial score (nSPS) is 21.7. The third-order valence-corrected chi connectivity index (χ3v) is 3.78. The maximum absolute atomic E-state index is 12.5. The number of carbonyl (C=O) groups is 1. The topological polar surface area (TPSA) is 47.3 Å². The molecule has 1 fully saturated rings. The van der Waals surface area contributed by atoms with Crippen molar-refractivity contribution in [1.82, 2.24) is 9.80 Å². The van der Waals surface area contributed by atoms with Gasteiger partial charge in [-0.25, -0.2) is 0 Å². The Bertz CT molecular complexity index is 480. The van der Waals surface area contributed by atoms with Crippen molar-refractivity contribution in [3.63, 3.8) is 0 Å². The quantitative estimate of drug-likeness (QED) is 0.805. The minimum Gasteiger partial charge on any atom is -0.338 e. The number of piperazine rings is 1. The van der Waals surface area contributed by atoms with Crippen molar-refractivity contribution in [2.24, 2.45) is 0 Å². The van der Waals surface area contributed by atoms with Crippen LogP contribution in [-0.2, 0) is 4.79 Å². The Labute approximate surface area is 114 Å². The molecule has 1 aliphatic rings. The third kappa shape index (κ3) is 2.94. The summed E-state index contributed by atoms with van der Waals surface area (Å²) in [5.41, 5.74) is 0.779. The summed E-state index contributed by atoms with van der Waals surface area (Å²) >= 11 is 0. The SMILES string of the molecule is CC1CN(C(=O)C(C#N)c2ccccc2)CCN1C. The number of benzene rings is 1. The highest BCUT2D eigenvalue weighted by Gasteiger charge is 2.30. The van der Waals surface area contributed by atoms with E-state index in [1.807, 2.05) is 35.2 Å². The van der Waals surface area contributed by atoms with Crippen LogP contribution in [0.3, 0.4) is 0 Å². The Hall–Kier alpha value is -1.86. The molecule has 1 aromatic carbocycles. The fraction of sp³-hybridized carbons (Fsp3) is 0.467. The molecule has 4 heteroatoms. The molecule has 0 spiro atoms. The Morgan fingerprint density at radius 1 is 1.37 bits per heavy atom. The average molecular weight is 257 g/mol. The summed E-state index contributed by atoms with van der Waals surface area (Å²) in [4.78, 5) is 16.5. The second-order valence-electron chi connectivity index (χ2n) is 5.09. The zero-order chi connectivity index (χ0) is 13.8. The molecule has 19 heavy (non-hydrogen) atoms. The highest BCUT2D eigenvalue weighted by molar-refractivity contribution is 5.86. The van der Waals surface area contributed by atoms with E-state index in [2.05, 4.69) is 24.9 Å². The predicted octanol–water partition coefficient (Wildman–Crippen LogP) is 1.46. The van der Waals surface area contributed by atoms with E-state index in [0.717, 1.165) is 12.1 Å². The second kappa shape index (κ2) is 5.85. The molecule has 100 valence electrons. The summed E-state index contributed by atoms with van der Waals surface area (Å²) < 4.78 is 0. The van der Waals surface area contributed by atoms with Gasteiger partial charge in [-0.15, -0.1) is 0 Å². The number of nitriles is 1. The number of hydrogen-bond acceptors (Lipinski definition) is 3. The van der Waals surface area contributed by atoms with Crippen molar-refractivity contribution in [1.29, 1.82) is 5.26 Å². The van der Waals surface area contributed by atoms with Gasteiger partial charge in [0.25, 0.3) is 0 Å². The van der Waals surface area contributed by atoms with E-state index < -0.39 is 5.92 Å². The fourth-order valence-electron chi connectivity index (χ4n) is 2.35. The van der Waals surface area contributed by atoms with Gasteiger partial charge in [0.05, 0.1) is 6.07 Å². The largest absolute Gasteiger partial charge is 0.338 e. The molecule has 2 atom stereocenters. The Kier molecular flexibility index (Phi) is 4.18.